The van der Waals surface area contributed by atoms with Crippen LogP contribution in [0.3, 0.4) is 0 Å². The van der Waals surface area contributed by atoms with Crippen LogP contribution in [0, 0.1) is 5.41 Å². The maximum atomic E-state index is 11.1. The number of carbonyl (C=O) groups is 1. The summed E-state index contributed by atoms with van der Waals surface area (Å²) in [6.45, 7) is 3.78. The van der Waals surface area contributed by atoms with Crippen molar-refractivity contribution in [2.24, 2.45) is 5.41 Å². The van der Waals surface area contributed by atoms with Gasteiger partial charge in [-0.25, -0.2) is 9.97 Å². The molecule has 0 saturated carbocycles. The molecule has 1 heterocycles. The average molecular weight is 249 g/mol. The number of hydrogen-bond donors (Lipinski definition) is 2. The second-order valence-corrected chi connectivity index (χ2v) is 5.40. The molecule has 1 aliphatic carbocycles. The minimum atomic E-state index is -0.807. The Morgan fingerprint density at radius 3 is 2.83 bits per heavy atom. The molecule has 0 fully saturated rings. The fraction of sp³-hybridized carbons (Fsp3) is 0.615. The topological polar surface area (TPSA) is 75.1 Å². The highest BCUT2D eigenvalue weighted by Crippen LogP contribution is 2.25. The fourth-order valence-electron chi connectivity index (χ4n) is 2.05. The van der Waals surface area contributed by atoms with E-state index in [9.17, 15) is 4.79 Å². The van der Waals surface area contributed by atoms with Crippen molar-refractivity contribution in [3.8, 4) is 0 Å². The smallest absolute Gasteiger partial charge is 0.310 e. The van der Waals surface area contributed by atoms with Gasteiger partial charge in [-0.15, -0.1) is 0 Å². The quantitative estimate of drug-likeness (QED) is 0.852. The maximum Gasteiger partial charge on any atom is 0.310 e. The zero-order valence-electron chi connectivity index (χ0n) is 10.9. The van der Waals surface area contributed by atoms with Crippen LogP contribution in [0.1, 0.15) is 37.9 Å². The number of rotatable bonds is 4. The summed E-state index contributed by atoms with van der Waals surface area (Å²) in [6.07, 6.45) is 5.85. The summed E-state index contributed by atoms with van der Waals surface area (Å²) in [7, 11) is 0. The van der Waals surface area contributed by atoms with Crippen LogP contribution < -0.4 is 5.32 Å². The molecule has 0 atom stereocenters. The van der Waals surface area contributed by atoms with Gasteiger partial charge in [-0.2, -0.15) is 0 Å². The molecular formula is C13H19N3O2. The Kier molecular flexibility index (Phi) is 3.50. The third-order valence-electron chi connectivity index (χ3n) is 3.40. The van der Waals surface area contributed by atoms with Gasteiger partial charge in [-0.1, -0.05) is 0 Å². The van der Waals surface area contributed by atoms with E-state index < -0.39 is 11.4 Å². The summed E-state index contributed by atoms with van der Waals surface area (Å²) in [4.78, 5) is 19.6. The largest absolute Gasteiger partial charge is 0.481 e. The zero-order valence-corrected chi connectivity index (χ0v) is 10.9. The zero-order chi connectivity index (χ0) is 13.2. The summed E-state index contributed by atoms with van der Waals surface area (Å²) in [5, 5.41) is 12.2. The Morgan fingerprint density at radius 2 is 2.11 bits per heavy atom. The summed E-state index contributed by atoms with van der Waals surface area (Å²) in [5.74, 6) is -0.00745. The maximum absolute atomic E-state index is 11.1. The number of nitrogens with zero attached hydrogens (tertiary/aromatic N) is 2. The van der Waals surface area contributed by atoms with Crippen LogP contribution >= 0.6 is 0 Å². The Bertz CT molecular complexity index is 458. The number of aromatic nitrogens is 2. The minimum absolute atomic E-state index is 0.367. The van der Waals surface area contributed by atoms with Crippen LogP contribution in [0.2, 0.25) is 0 Å². The van der Waals surface area contributed by atoms with Gasteiger partial charge in [0.05, 0.1) is 5.41 Å². The molecule has 0 aliphatic heterocycles. The van der Waals surface area contributed by atoms with E-state index >= 15 is 0 Å². The highest BCUT2D eigenvalue weighted by molar-refractivity contribution is 5.74. The van der Waals surface area contributed by atoms with Crippen molar-refractivity contribution in [1.82, 2.24) is 9.97 Å². The molecule has 0 saturated heterocycles. The van der Waals surface area contributed by atoms with Crippen LogP contribution in [0.5, 0.6) is 0 Å². The second-order valence-electron chi connectivity index (χ2n) is 5.40. The molecule has 1 aromatic rings. The molecule has 1 aromatic heterocycles. The van der Waals surface area contributed by atoms with E-state index in [-0.39, 0.29) is 0 Å². The van der Waals surface area contributed by atoms with E-state index in [0.717, 1.165) is 36.3 Å². The first-order chi connectivity index (χ1) is 8.50. The summed E-state index contributed by atoms with van der Waals surface area (Å²) in [6, 6.07) is 0. The molecule has 0 aromatic carbocycles. The molecule has 5 nitrogen and oxygen atoms in total. The number of hydrogen-bond acceptors (Lipinski definition) is 4. The molecule has 18 heavy (non-hydrogen) atoms. The average Bonchev–Trinajstić information content (AvgIpc) is 2.36. The van der Waals surface area contributed by atoms with E-state index in [1.807, 2.05) is 0 Å². The first-order valence-electron chi connectivity index (χ1n) is 6.31. The number of aryl methyl sites for hydroxylation is 1. The van der Waals surface area contributed by atoms with Gasteiger partial charge in [0.1, 0.15) is 12.1 Å². The third-order valence-corrected chi connectivity index (χ3v) is 3.40. The highest BCUT2D eigenvalue weighted by atomic mass is 16.4. The highest BCUT2D eigenvalue weighted by Gasteiger charge is 2.27. The van der Waals surface area contributed by atoms with Crippen LogP contribution in [0.4, 0.5) is 5.82 Å². The molecular weight excluding hydrogens is 230 g/mol. The van der Waals surface area contributed by atoms with E-state index in [2.05, 4.69) is 15.3 Å². The lowest BCUT2D eigenvalue weighted by atomic mass is 9.93. The van der Waals surface area contributed by atoms with Gasteiger partial charge < -0.3 is 10.4 Å². The van der Waals surface area contributed by atoms with Gasteiger partial charge in [0.2, 0.25) is 0 Å². The Hall–Kier alpha value is -1.65. The predicted octanol–water partition coefficient (Wildman–Crippen LogP) is 1.88. The van der Waals surface area contributed by atoms with Crippen molar-refractivity contribution in [2.45, 2.75) is 39.5 Å². The van der Waals surface area contributed by atoms with E-state index in [4.69, 9.17) is 5.11 Å². The van der Waals surface area contributed by atoms with Crippen molar-refractivity contribution in [3.63, 3.8) is 0 Å². The van der Waals surface area contributed by atoms with Gasteiger partial charge in [-0.05, 0) is 39.5 Å². The van der Waals surface area contributed by atoms with Gasteiger partial charge >= 0.3 is 5.97 Å². The van der Waals surface area contributed by atoms with Crippen molar-refractivity contribution < 1.29 is 9.90 Å². The minimum Gasteiger partial charge on any atom is -0.481 e. The lowest BCUT2D eigenvalue weighted by molar-refractivity contribution is -0.146. The third kappa shape index (κ3) is 2.60. The molecule has 2 N–H and O–H groups in total. The molecule has 0 unspecified atom stereocenters. The summed E-state index contributed by atoms with van der Waals surface area (Å²) >= 11 is 0. The SMILES string of the molecule is CC(C)(CNc1ncnc2c1CCCC2)C(=O)O. The number of aliphatic carboxylic acids is 1. The van der Waals surface area contributed by atoms with Gasteiger partial charge in [0.25, 0.3) is 0 Å². The standard InChI is InChI=1S/C13H19N3O2/c1-13(2,12(17)18)7-14-11-9-5-3-4-6-10(9)15-8-16-11/h8H,3-7H2,1-2H3,(H,17,18)(H,14,15,16). The normalized spacial score (nSPS) is 15.0. The number of fused-ring (bicyclic) bond motifs is 1. The van der Waals surface area contributed by atoms with Crippen LogP contribution in [0.15, 0.2) is 6.33 Å². The molecule has 0 radical (unpaired) electrons. The lowest BCUT2D eigenvalue weighted by Crippen LogP contribution is -2.32. The Morgan fingerprint density at radius 1 is 1.39 bits per heavy atom. The molecule has 0 spiro atoms. The first kappa shape index (κ1) is 12.8. The van der Waals surface area contributed by atoms with Crippen LogP contribution in [-0.2, 0) is 17.6 Å². The Balaban J connectivity index is 2.13. The summed E-state index contributed by atoms with van der Waals surface area (Å²) < 4.78 is 0. The van der Waals surface area contributed by atoms with Crippen molar-refractivity contribution in [3.05, 3.63) is 17.6 Å². The van der Waals surface area contributed by atoms with Gasteiger partial charge in [-0.3, -0.25) is 4.79 Å². The second kappa shape index (κ2) is 4.92. The molecule has 0 amide bonds. The molecule has 5 heteroatoms. The monoisotopic (exact) mass is 249 g/mol. The number of nitrogens with one attached hydrogen (secondary N) is 1. The lowest BCUT2D eigenvalue weighted by Gasteiger charge is -2.22. The number of anilines is 1. The van der Waals surface area contributed by atoms with Crippen LogP contribution in [-0.4, -0.2) is 27.6 Å². The van der Waals surface area contributed by atoms with E-state index in [1.54, 1.807) is 20.2 Å². The fourth-order valence-corrected chi connectivity index (χ4v) is 2.05. The van der Waals surface area contributed by atoms with Gasteiger partial charge in [0, 0.05) is 17.8 Å². The van der Waals surface area contributed by atoms with Gasteiger partial charge in [0.15, 0.2) is 0 Å². The molecule has 2 rings (SSSR count). The van der Waals surface area contributed by atoms with E-state index in [0.29, 0.717) is 6.54 Å². The molecule has 0 bridgehead atoms. The predicted molar refractivity (Wildman–Crippen MR) is 68.6 cm³/mol. The van der Waals surface area contributed by atoms with E-state index in [1.165, 1.54) is 6.42 Å². The van der Waals surface area contributed by atoms with Crippen molar-refractivity contribution >= 4 is 11.8 Å². The number of carboxylic acid groups (broad SMARTS) is 1. The summed E-state index contributed by atoms with van der Waals surface area (Å²) in [5.41, 5.74) is 1.46. The van der Waals surface area contributed by atoms with Crippen molar-refractivity contribution in [2.75, 3.05) is 11.9 Å². The number of carboxylic acids is 1. The Labute approximate surface area is 107 Å². The van der Waals surface area contributed by atoms with Crippen molar-refractivity contribution in [1.29, 1.82) is 0 Å². The molecule has 1 aliphatic rings. The molecule has 98 valence electrons. The first-order valence-corrected chi connectivity index (χ1v) is 6.31. The van der Waals surface area contributed by atoms with Crippen LogP contribution in [0.25, 0.3) is 0 Å².